The van der Waals surface area contributed by atoms with E-state index in [1.807, 2.05) is 12.1 Å². The Morgan fingerprint density at radius 2 is 1.76 bits per heavy atom. The second-order valence-electron chi connectivity index (χ2n) is 8.23. The van der Waals surface area contributed by atoms with Crippen molar-refractivity contribution in [1.29, 1.82) is 0 Å². The molecule has 34 heavy (non-hydrogen) atoms. The Labute approximate surface area is 204 Å². The maximum atomic E-state index is 13.3. The Kier molecular flexibility index (Phi) is 8.91. The lowest BCUT2D eigenvalue weighted by Crippen LogP contribution is -2.27. The molecule has 0 aliphatic heterocycles. The number of hydrazine groups is 1. The Bertz CT molecular complexity index is 1070. The third kappa shape index (κ3) is 6.07. The van der Waals surface area contributed by atoms with Crippen LogP contribution in [0.25, 0.3) is 0 Å². The van der Waals surface area contributed by atoms with Crippen LogP contribution < -0.4 is 22.1 Å². The highest BCUT2D eigenvalue weighted by molar-refractivity contribution is 8.13. The van der Waals surface area contributed by atoms with Gasteiger partial charge in [0.2, 0.25) is 0 Å². The minimum atomic E-state index is -0.327. The molecule has 182 valence electrons. The van der Waals surface area contributed by atoms with Gasteiger partial charge in [0.15, 0.2) is 5.17 Å². The van der Waals surface area contributed by atoms with Gasteiger partial charge in [0.1, 0.15) is 0 Å². The van der Waals surface area contributed by atoms with E-state index >= 15 is 0 Å². The smallest absolute Gasteiger partial charge is 0.256 e. The fourth-order valence-electron chi connectivity index (χ4n) is 4.07. The van der Waals surface area contributed by atoms with E-state index in [-0.39, 0.29) is 11.8 Å². The van der Waals surface area contributed by atoms with E-state index in [2.05, 4.69) is 21.2 Å². The van der Waals surface area contributed by atoms with Gasteiger partial charge in [-0.2, -0.15) is 0 Å². The fourth-order valence-corrected chi connectivity index (χ4v) is 4.83. The van der Waals surface area contributed by atoms with Gasteiger partial charge in [-0.15, -0.1) is 0 Å². The number of amides is 2. The van der Waals surface area contributed by atoms with Crippen LogP contribution in [0.3, 0.4) is 0 Å². The largest absolute Gasteiger partial charge is 0.345 e. The van der Waals surface area contributed by atoms with Crippen molar-refractivity contribution in [3.63, 3.8) is 0 Å². The van der Waals surface area contributed by atoms with Crippen LogP contribution in [0.15, 0.2) is 46.3 Å². The van der Waals surface area contributed by atoms with Crippen molar-refractivity contribution in [2.24, 2.45) is 10.8 Å². The zero-order chi connectivity index (χ0) is 24.7. The Hall–Kier alpha value is -3.08. The van der Waals surface area contributed by atoms with Gasteiger partial charge >= 0.3 is 0 Å². The number of hydrogen-bond donors (Lipinski definition) is 4. The second kappa shape index (κ2) is 11.9. The first-order valence-corrected chi connectivity index (χ1v) is 11.9. The van der Waals surface area contributed by atoms with Gasteiger partial charge in [0, 0.05) is 37.3 Å². The van der Waals surface area contributed by atoms with E-state index in [9.17, 15) is 9.59 Å². The molecule has 0 radical (unpaired) electrons. The normalized spacial score (nSPS) is 14.1. The number of anilines is 2. The molecule has 3 rings (SSSR count). The molecule has 1 aliphatic carbocycles. The molecule has 2 aromatic rings. The summed E-state index contributed by atoms with van der Waals surface area (Å²) in [6, 6.07) is 10.9. The number of hydrogen-bond acceptors (Lipinski definition) is 7. The predicted molar refractivity (Wildman–Crippen MR) is 137 cm³/mol. The topological polar surface area (TPSA) is 121 Å². The van der Waals surface area contributed by atoms with Crippen LogP contribution in [0.1, 0.15) is 57.9 Å². The fraction of sp³-hybridized carbons (Fsp3) is 0.375. The summed E-state index contributed by atoms with van der Waals surface area (Å²) in [5, 5.41) is 3.41. The lowest BCUT2D eigenvalue weighted by atomic mass is 9.92. The van der Waals surface area contributed by atoms with Crippen LogP contribution in [0, 0.1) is 0 Å². The molecule has 0 spiro atoms. The molecule has 1 saturated carbocycles. The summed E-state index contributed by atoms with van der Waals surface area (Å²) in [5.41, 5.74) is 8.52. The molecular formula is C24H32N6O3S. The maximum Gasteiger partial charge on any atom is 0.256 e. The van der Waals surface area contributed by atoms with Gasteiger partial charge in [-0.3, -0.25) is 24.9 Å². The first-order valence-electron chi connectivity index (χ1n) is 11.1. The summed E-state index contributed by atoms with van der Waals surface area (Å²) in [5.74, 6) is 5.50. The monoisotopic (exact) mass is 484 g/mol. The number of benzene rings is 2. The zero-order valence-corrected chi connectivity index (χ0v) is 20.8. The zero-order valence-electron chi connectivity index (χ0n) is 20.0. The Morgan fingerprint density at radius 3 is 2.38 bits per heavy atom. The number of amidine groups is 1. The molecule has 0 aromatic heterocycles. The maximum absolute atomic E-state index is 13.3. The number of aliphatic imine (C=N–C) groups is 1. The van der Waals surface area contributed by atoms with Gasteiger partial charge in [0.25, 0.3) is 11.8 Å². The summed E-state index contributed by atoms with van der Waals surface area (Å²) in [6.07, 6.45) is 4.50. The lowest BCUT2D eigenvalue weighted by Gasteiger charge is -2.19. The van der Waals surface area contributed by atoms with Crippen LogP contribution in [0.2, 0.25) is 0 Å². The van der Waals surface area contributed by atoms with Crippen LogP contribution >= 0.6 is 11.8 Å². The number of nitrogens with one attached hydrogen (secondary N) is 3. The Morgan fingerprint density at radius 1 is 1.09 bits per heavy atom. The van der Waals surface area contributed by atoms with E-state index in [1.54, 1.807) is 50.3 Å². The first kappa shape index (κ1) is 25.5. The molecule has 0 atom stereocenters. The van der Waals surface area contributed by atoms with Gasteiger partial charge in [-0.1, -0.05) is 30.7 Å². The summed E-state index contributed by atoms with van der Waals surface area (Å²) >= 11 is 1.24. The van der Waals surface area contributed by atoms with Crippen LogP contribution in [0.5, 0.6) is 0 Å². The van der Waals surface area contributed by atoms with E-state index in [0.717, 1.165) is 18.4 Å². The predicted octanol–water partition coefficient (Wildman–Crippen LogP) is 3.81. The molecule has 5 N–H and O–H groups in total. The van der Waals surface area contributed by atoms with Gasteiger partial charge in [0.05, 0.1) is 18.4 Å². The summed E-state index contributed by atoms with van der Waals surface area (Å²) < 4.78 is 0. The van der Waals surface area contributed by atoms with Gasteiger partial charge in [-0.25, -0.2) is 5.84 Å². The number of nitrogens with two attached hydrogens (primary N) is 1. The quantitative estimate of drug-likeness (QED) is 0.155. The average molecular weight is 485 g/mol. The molecule has 10 heteroatoms. The molecule has 9 nitrogen and oxygen atoms in total. The minimum absolute atomic E-state index is 0.0710. The molecule has 2 amide bonds. The number of rotatable bonds is 7. The lowest BCUT2D eigenvalue weighted by molar-refractivity contribution is 0.0825. The summed E-state index contributed by atoms with van der Waals surface area (Å²) in [6.45, 7) is 0. The summed E-state index contributed by atoms with van der Waals surface area (Å²) in [7, 11) is 6.58. The van der Waals surface area contributed by atoms with Crippen molar-refractivity contribution in [2.75, 3.05) is 39.0 Å². The molecule has 2 aromatic carbocycles. The van der Waals surface area contributed by atoms with Gasteiger partial charge < -0.3 is 15.6 Å². The van der Waals surface area contributed by atoms with Crippen molar-refractivity contribution in [2.45, 2.75) is 36.5 Å². The number of carbonyl (C=O) groups excluding carboxylic acids is 2. The molecule has 0 bridgehead atoms. The first-order chi connectivity index (χ1) is 16.4. The van der Waals surface area contributed by atoms with Crippen LogP contribution in [-0.2, 0) is 4.84 Å². The van der Waals surface area contributed by atoms with E-state index in [1.165, 1.54) is 31.7 Å². The van der Waals surface area contributed by atoms with E-state index in [4.69, 9.17) is 10.7 Å². The highest BCUT2D eigenvalue weighted by atomic mass is 32.2. The third-order valence-electron chi connectivity index (χ3n) is 5.72. The van der Waals surface area contributed by atoms with Crippen molar-refractivity contribution in [3.05, 3.63) is 53.1 Å². The van der Waals surface area contributed by atoms with Crippen molar-refractivity contribution < 1.29 is 14.4 Å². The van der Waals surface area contributed by atoms with Crippen molar-refractivity contribution in [1.82, 2.24) is 10.3 Å². The molecule has 1 fully saturated rings. The van der Waals surface area contributed by atoms with Crippen LogP contribution in [-0.4, -0.2) is 50.1 Å². The van der Waals surface area contributed by atoms with E-state index < -0.39 is 0 Å². The molecule has 0 unspecified atom stereocenters. The van der Waals surface area contributed by atoms with E-state index in [0.29, 0.717) is 38.5 Å². The molecular weight excluding hydrogens is 452 g/mol. The molecule has 0 heterocycles. The van der Waals surface area contributed by atoms with Crippen LogP contribution in [0.4, 0.5) is 11.4 Å². The van der Waals surface area contributed by atoms with Crippen molar-refractivity contribution >= 4 is 40.1 Å². The number of nitrogens with zero attached hydrogens (tertiary/aromatic N) is 2. The highest BCUT2D eigenvalue weighted by Crippen LogP contribution is 2.37. The third-order valence-corrected chi connectivity index (χ3v) is 6.79. The van der Waals surface area contributed by atoms with Gasteiger partial charge in [-0.05, 0) is 54.7 Å². The minimum Gasteiger partial charge on any atom is -0.345 e. The SMILES string of the molecule is CN=C(NN)Sc1ccc(NOC)cc1C(=O)Nc1ccc(C2CCCC2)c(C(=O)N(C)C)c1. The second-order valence-corrected chi connectivity index (χ2v) is 9.26. The Balaban J connectivity index is 1.94. The number of thioether (sulfide) groups is 1. The standard InChI is InChI=1S/C24H32N6O3S/c1-26-24(28-25)34-21-12-10-17(29-33-4)14-20(21)22(31)27-16-9-11-18(15-7-5-6-8-15)19(13-16)23(32)30(2)3/h9-15,29H,5-8,25H2,1-4H3,(H,26,28)(H,27,31). The highest BCUT2D eigenvalue weighted by Gasteiger charge is 2.24. The molecule has 1 aliphatic rings. The molecule has 0 saturated heterocycles. The number of carbonyl (C=O) groups is 2. The average Bonchev–Trinajstić information content (AvgIpc) is 3.37. The summed E-state index contributed by atoms with van der Waals surface area (Å²) in [4.78, 5) is 37.5. The van der Waals surface area contributed by atoms with Crippen molar-refractivity contribution in [3.8, 4) is 0 Å².